The van der Waals surface area contributed by atoms with Gasteiger partial charge in [-0.25, -0.2) is 0 Å². The minimum absolute atomic E-state index is 0.0238. The van der Waals surface area contributed by atoms with Crippen LogP contribution in [0.2, 0.25) is 0 Å². The molecule has 0 radical (unpaired) electrons. The summed E-state index contributed by atoms with van der Waals surface area (Å²) in [6.07, 6.45) is 3.07. The number of nitrogens with one attached hydrogen (secondary N) is 1. The Morgan fingerprint density at radius 2 is 1.69 bits per heavy atom. The van der Waals surface area contributed by atoms with Crippen LogP contribution >= 0.6 is 11.3 Å². The normalized spacial score (nSPS) is 18.7. The summed E-state index contributed by atoms with van der Waals surface area (Å²) in [6, 6.07) is 23.9. The van der Waals surface area contributed by atoms with E-state index in [-0.39, 0.29) is 11.9 Å². The van der Waals surface area contributed by atoms with Crippen LogP contribution in [0.1, 0.15) is 46.5 Å². The largest absolute Gasteiger partial charge is 0.315 e. The number of benzene rings is 2. The van der Waals surface area contributed by atoms with Crippen molar-refractivity contribution in [2.45, 2.75) is 32.2 Å². The van der Waals surface area contributed by atoms with E-state index in [1.54, 1.807) is 11.3 Å². The second-order valence-corrected chi connectivity index (χ2v) is 10.9. The van der Waals surface area contributed by atoms with E-state index in [4.69, 9.17) is 0 Å². The van der Waals surface area contributed by atoms with Crippen LogP contribution < -0.4 is 5.32 Å². The number of carbonyl (C=O) groups excluding carboxylic acids is 1. The van der Waals surface area contributed by atoms with Gasteiger partial charge in [0.15, 0.2) is 0 Å². The second kappa shape index (κ2) is 10.7. The molecule has 1 aromatic heterocycles. The van der Waals surface area contributed by atoms with E-state index in [2.05, 4.69) is 88.8 Å². The third-order valence-electron chi connectivity index (χ3n) is 7.25. The standard InChI is InChI=1S/C29H32N4OS/c1-21-12-13-24-25(19-30)29(35-26(24)18-21)31-27(34)20-32-14-16-33(17-15-32)28(22-8-4-2-5-9-22)23-10-6-3-7-11-23/h2-11,21,28H,12-18,20H2,1H3,(H,31,34)/t21-/m1/s1. The minimum Gasteiger partial charge on any atom is -0.315 e. The van der Waals surface area contributed by atoms with E-state index < -0.39 is 0 Å². The van der Waals surface area contributed by atoms with Crippen molar-refractivity contribution in [1.82, 2.24) is 9.80 Å². The summed E-state index contributed by atoms with van der Waals surface area (Å²) in [5, 5.41) is 13.5. The van der Waals surface area contributed by atoms with E-state index in [1.807, 2.05) is 0 Å². The van der Waals surface area contributed by atoms with Crippen molar-refractivity contribution in [3.63, 3.8) is 0 Å². The number of carbonyl (C=O) groups is 1. The van der Waals surface area contributed by atoms with Crippen LogP contribution in [0.15, 0.2) is 60.7 Å². The first-order valence-electron chi connectivity index (χ1n) is 12.5. The molecule has 3 aromatic rings. The molecule has 1 aliphatic carbocycles. The lowest BCUT2D eigenvalue weighted by Gasteiger charge is -2.39. The number of fused-ring (bicyclic) bond motifs is 1. The van der Waals surface area contributed by atoms with Crippen LogP contribution in [0.25, 0.3) is 0 Å². The first-order chi connectivity index (χ1) is 17.1. The molecule has 1 saturated heterocycles. The minimum atomic E-state index is -0.0238. The average molecular weight is 485 g/mol. The van der Waals surface area contributed by atoms with Gasteiger partial charge in [-0.3, -0.25) is 14.6 Å². The predicted molar refractivity (Wildman–Crippen MR) is 142 cm³/mol. The smallest absolute Gasteiger partial charge is 0.239 e. The number of amides is 1. The monoisotopic (exact) mass is 484 g/mol. The summed E-state index contributed by atoms with van der Waals surface area (Å²) in [7, 11) is 0. The van der Waals surface area contributed by atoms with Gasteiger partial charge in [-0.05, 0) is 41.9 Å². The molecule has 0 saturated carbocycles. The molecule has 0 bridgehead atoms. The molecule has 2 heterocycles. The summed E-state index contributed by atoms with van der Waals surface area (Å²) in [5.74, 6) is 0.618. The van der Waals surface area contributed by atoms with Gasteiger partial charge < -0.3 is 5.32 Å². The number of hydrogen-bond donors (Lipinski definition) is 1. The molecule has 5 nitrogen and oxygen atoms in total. The lowest BCUT2D eigenvalue weighted by atomic mass is 9.89. The van der Waals surface area contributed by atoms with Crippen molar-refractivity contribution < 1.29 is 4.79 Å². The Labute approximate surface area is 212 Å². The van der Waals surface area contributed by atoms with Gasteiger partial charge in [0, 0.05) is 31.1 Å². The molecular weight excluding hydrogens is 452 g/mol. The molecule has 35 heavy (non-hydrogen) atoms. The Kier molecular flexibility index (Phi) is 7.29. The highest BCUT2D eigenvalue weighted by Crippen LogP contribution is 2.39. The van der Waals surface area contributed by atoms with E-state index in [0.29, 0.717) is 18.0 Å². The fourth-order valence-electron chi connectivity index (χ4n) is 5.39. The van der Waals surface area contributed by atoms with E-state index in [9.17, 15) is 10.1 Å². The Morgan fingerprint density at radius 1 is 1.06 bits per heavy atom. The van der Waals surface area contributed by atoms with Crippen molar-refractivity contribution in [2.24, 2.45) is 5.92 Å². The van der Waals surface area contributed by atoms with Crippen LogP contribution in [0.3, 0.4) is 0 Å². The van der Waals surface area contributed by atoms with Crippen LogP contribution in [0.4, 0.5) is 5.00 Å². The quantitative estimate of drug-likeness (QED) is 0.529. The number of piperazine rings is 1. The lowest BCUT2D eigenvalue weighted by Crippen LogP contribution is -2.49. The maximum Gasteiger partial charge on any atom is 0.239 e. The first-order valence-corrected chi connectivity index (χ1v) is 13.3. The Bertz CT molecular complexity index is 1150. The Morgan fingerprint density at radius 3 is 2.29 bits per heavy atom. The van der Waals surface area contributed by atoms with Crippen molar-refractivity contribution in [3.8, 4) is 6.07 Å². The molecule has 1 amide bonds. The molecule has 180 valence electrons. The Hall–Kier alpha value is -2.98. The van der Waals surface area contributed by atoms with Gasteiger partial charge in [0.1, 0.15) is 11.1 Å². The predicted octanol–water partition coefficient (Wildman–Crippen LogP) is 5.09. The highest BCUT2D eigenvalue weighted by atomic mass is 32.1. The second-order valence-electron chi connectivity index (χ2n) is 9.75. The van der Waals surface area contributed by atoms with Crippen LogP contribution in [-0.2, 0) is 17.6 Å². The van der Waals surface area contributed by atoms with Crippen LogP contribution in [0, 0.1) is 17.2 Å². The number of rotatable bonds is 6. The molecule has 1 aliphatic heterocycles. The highest BCUT2D eigenvalue weighted by Gasteiger charge is 2.28. The van der Waals surface area contributed by atoms with Crippen LogP contribution in [-0.4, -0.2) is 48.4 Å². The van der Waals surface area contributed by atoms with Crippen molar-refractivity contribution >= 4 is 22.2 Å². The average Bonchev–Trinajstić information content (AvgIpc) is 3.22. The van der Waals surface area contributed by atoms with Gasteiger partial charge in [-0.2, -0.15) is 5.26 Å². The van der Waals surface area contributed by atoms with Gasteiger partial charge in [0.2, 0.25) is 5.91 Å². The lowest BCUT2D eigenvalue weighted by molar-refractivity contribution is -0.117. The van der Waals surface area contributed by atoms with E-state index >= 15 is 0 Å². The van der Waals surface area contributed by atoms with Gasteiger partial charge >= 0.3 is 0 Å². The Balaban J connectivity index is 1.22. The molecule has 2 aromatic carbocycles. The third-order valence-corrected chi connectivity index (χ3v) is 8.42. The van der Waals surface area contributed by atoms with Gasteiger partial charge in [0.05, 0.1) is 18.2 Å². The summed E-state index contributed by atoms with van der Waals surface area (Å²) in [5.41, 5.74) is 4.44. The summed E-state index contributed by atoms with van der Waals surface area (Å²) < 4.78 is 0. The molecule has 0 spiro atoms. The first kappa shape index (κ1) is 23.7. The molecule has 1 N–H and O–H groups in total. The number of nitrogens with zero attached hydrogens (tertiary/aromatic N) is 3. The zero-order valence-corrected chi connectivity index (χ0v) is 21.1. The van der Waals surface area contributed by atoms with Crippen LogP contribution in [0.5, 0.6) is 0 Å². The zero-order valence-electron chi connectivity index (χ0n) is 20.2. The molecule has 6 heteroatoms. The summed E-state index contributed by atoms with van der Waals surface area (Å²) in [6.45, 7) is 6.10. The fraction of sp³-hybridized carbons (Fsp3) is 0.379. The molecule has 0 unspecified atom stereocenters. The van der Waals surface area contributed by atoms with Crippen molar-refractivity contribution in [1.29, 1.82) is 5.26 Å². The summed E-state index contributed by atoms with van der Waals surface area (Å²) >= 11 is 1.60. The SMILES string of the molecule is C[C@@H]1CCc2c(sc(NC(=O)CN3CCN(C(c4ccccc4)c4ccccc4)CC3)c2C#N)C1. The van der Waals surface area contributed by atoms with Crippen molar-refractivity contribution in [3.05, 3.63) is 87.8 Å². The number of hydrogen-bond acceptors (Lipinski definition) is 5. The summed E-state index contributed by atoms with van der Waals surface area (Å²) in [4.78, 5) is 18.9. The molecule has 1 atom stereocenters. The van der Waals surface area contributed by atoms with E-state index in [0.717, 1.165) is 56.0 Å². The van der Waals surface area contributed by atoms with Gasteiger partial charge in [-0.1, -0.05) is 67.6 Å². The maximum atomic E-state index is 12.9. The third kappa shape index (κ3) is 5.33. The maximum absolute atomic E-state index is 12.9. The molecular formula is C29H32N4OS. The molecule has 5 rings (SSSR count). The fourth-order valence-corrected chi connectivity index (χ4v) is 6.77. The molecule has 1 fully saturated rings. The van der Waals surface area contributed by atoms with Gasteiger partial charge in [0.25, 0.3) is 0 Å². The topological polar surface area (TPSA) is 59.4 Å². The zero-order chi connectivity index (χ0) is 24.2. The highest BCUT2D eigenvalue weighted by molar-refractivity contribution is 7.16. The number of anilines is 1. The van der Waals surface area contributed by atoms with Crippen molar-refractivity contribution in [2.75, 3.05) is 38.0 Å². The molecule has 2 aliphatic rings. The van der Waals surface area contributed by atoms with E-state index in [1.165, 1.54) is 16.0 Å². The number of nitriles is 1. The van der Waals surface area contributed by atoms with Gasteiger partial charge in [-0.15, -0.1) is 11.3 Å². The number of thiophene rings is 1.